The van der Waals surface area contributed by atoms with E-state index in [-0.39, 0.29) is 6.04 Å². The maximum atomic E-state index is 6.17. The molecule has 5 heteroatoms. The Morgan fingerprint density at radius 2 is 2.29 bits per heavy atom. The molecule has 0 amide bonds. The summed E-state index contributed by atoms with van der Waals surface area (Å²) in [5.74, 6) is 0.840. The Bertz CT molecular complexity index is 555. The summed E-state index contributed by atoms with van der Waals surface area (Å²) in [7, 11) is 0. The number of rotatable bonds is 1. The molecule has 0 spiro atoms. The van der Waals surface area contributed by atoms with Crippen LogP contribution in [0.4, 0.5) is 0 Å². The van der Waals surface area contributed by atoms with E-state index in [0.29, 0.717) is 0 Å². The van der Waals surface area contributed by atoms with Gasteiger partial charge in [-0.25, -0.2) is 4.98 Å². The second-order valence-electron chi connectivity index (χ2n) is 4.65. The molecule has 1 atom stereocenters. The van der Waals surface area contributed by atoms with Crippen LogP contribution in [0, 0.1) is 13.8 Å². The highest BCUT2D eigenvalue weighted by Crippen LogP contribution is 2.32. The van der Waals surface area contributed by atoms with E-state index in [0.717, 1.165) is 30.2 Å². The van der Waals surface area contributed by atoms with Crippen LogP contribution < -0.4 is 5.73 Å². The van der Waals surface area contributed by atoms with Crippen LogP contribution in [0.3, 0.4) is 0 Å². The van der Waals surface area contributed by atoms with Crippen LogP contribution in [0.25, 0.3) is 5.13 Å². The van der Waals surface area contributed by atoms with Gasteiger partial charge in [0.25, 0.3) is 0 Å². The van der Waals surface area contributed by atoms with Crippen LogP contribution in [-0.2, 0) is 6.42 Å². The van der Waals surface area contributed by atoms with Crippen molar-refractivity contribution < 1.29 is 0 Å². The van der Waals surface area contributed by atoms with Crippen molar-refractivity contribution in [3.05, 3.63) is 28.8 Å². The van der Waals surface area contributed by atoms with Crippen molar-refractivity contribution in [2.24, 2.45) is 5.73 Å². The molecule has 2 aromatic rings. The first-order valence-corrected chi connectivity index (χ1v) is 6.71. The smallest absolute Gasteiger partial charge is 0.213 e. The van der Waals surface area contributed by atoms with Crippen LogP contribution in [0.1, 0.15) is 41.7 Å². The molecule has 0 bridgehead atoms. The van der Waals surface area contributed by atoms with Crippen molar-refractivity contribution in [1.29, 1.82) is 0 Å². The lowest BCUT2D eigenvalue weighted by Crippen LogP contribution is -2.17. The van der Waals surface area contributed by atoms with E-state index in [1.165, 1.54) is 28.5 Å². The van der Waals surface area contributed by atoms with Crippen molar-refractivity contribution in [2.45, 2.75) is 39.2 Å². The molecular weight excluding hydrogens is 232 g/mol. The number of nitrogens with two attached hydrogens (primary N) is 1. The van der Waals surface area contributed by atoms with Gasteiger partial charge in [-0.15, -0.1) is 0 Å². The number of fused-ring (bicyclic) bond motifs is 1. The predicted octanol–water partition coefficient (Wildman–Crippen LogP) is 2.28. The molecule has 3 rings (SSSR count). The summed E-state index contributed by atoms with van der Waals surface area (Å²) in [4.78, 5) is 4.48. The van der Waals surface area contributed by atoms with E-state index < -0.39 is 0 Å². The molecule has 2 aromatic heterocycles. The van der Waals surface area contributed by atoms with E-state index in [4.69, 9.17) is 5.73 Å². The van der Waals surface area contributed by atoms with E-state index in [2.05, 4.69) is 26.9 Å². The topological polar surface area (TPSA) is 56.7 Å². The Labute approximate surface area is 105 Å². The minimum Gasteiger partial charge on any atom is -0.324 e. The highest BCUT2D eigenvalue weighted by molar-refractivity contribution is 7.08. The summed E-state index contributed by atoms with van der Waals surface area (Å²) in [5, 5.41) is 0.968. The Morgan fingerprint density at radius 3 is 3.00 bits per heavy atom. The summed E-state index contributed by atoms with van der Waals surface area (Å²) in [6.45, 7) is 4.04. The first-order valence-electron chi connectivity index (χ1n) is 5.94. The van der Waals surface area contributed by atoms with Crippen molar-refractivity contribution >= 4 is 11.5 Å². The fraction of sp³-hybridized carbons (Fsp3) is 0.500. The molecular formula is C12H16N4S. The molecule has 1 aliphatic rings. The van der Waals surface area contributed by atoms with Crippen molar-refractivity contribution in [1.82, 2.24) is 13.9 Å². The normalized spacial score (nSPS) is 19.4. The summed E-state index contributed by atoms with van der Waals surface area (Å²) in [6.07, 6.45) is 3.34. The number of nitrogens with zero attached hydrogens (tertiary/aromatic N) is 3. The average molecular weight is 248 g/mol. The maximum absolute atomic E-state index is 6.17. The molecule has 0 saturated carbocycles. The zero-order chi connectivity index (χ0) is 12.0. The molecule has 4 nitrogen and oxygen atoms in total. The van der Waals surface area contributed by atoms with E-state index >= 15 is 0 Å². The average Bonchev–Trinajstić information content (AvgIpc) is 2.82. The van der Waals surface area contributed by atoms with Gasteiger partial charge in [-0.2, -0.15) is 4.37 Å². The second kappa shape index (κ2) is 3.92. The molecule has 0 saturated heterocycles. The van der Waals surface area contributed by atoms with Gasteiger partial charge < -0.3 is 5.73 Å². The van der Waals surface area contributed by atoms with Gasteiger partial charge in [0.2, 0.25) is 5.13 Å². The van der Waals surface area contributed by atoms with Crippen LogP contribution in [0.5, 0.6) is 0 Å². The van der Waals surface area contributed by atoms with Gasteiger partial charge in [0.05, 0.1) is 0 Å². The van der Waals surface area contributed by atoms with Gasteiger partial charge in [-0.3, -0.25) is 4.57 Å². The lowest BCUT2D eigenvalue weighted by atomic mass is 9.93. The van der Waals surface area contributed by atoms with Crippen LogP contribution in [-0.4, -0.2) is 13.9 Å². The molecule has 1 aliphatic carbocycles. The Morgan fingerprint density at radius 1 is 1.47 bits per heavy atom. The third-order valence-electron chi connectivity index (χ3n) is 3.36. The van der Waals surface area contributed by atoms with Crippen molar-refractivity contribution in [3.8, 4) is 5.13 Å². The molecule has 0 radical (unpaired) electrons. The number of aromatic nitrogens is 3. The standard InChI is InChI=1S/C12H16N4S/c1-7-6-9-10(13)4-3-5-11(9)16(7)12-14-8(2)15-17-12/h6,10H,3-5,13H2,1-2H3. The maximum Gasteiger partial charge on any atom is 0.213 e. The van der Waals surface area contributed by atoms with E-state index in [1.807, 2.05) is 6.92 Å². The molecule has 17 heavy (non-hydrogen) atoms. The number of aryl methyl sites for hydroxylation is 2. The van der Waals surface area contributed by atoms with Gasteiger partial charge >= 0.3 is 0 Å². The lowest BCUT2D eigenvalue weighted by molar-refractivity contribution is 0.559. The minimum absolute atomic E-state index is 0.188. The quantitative estimate of drug-likeness (QED) is 0.842. The molecule has 90 valence electrons. The number of hydrogen-bond acceptors (Lipinski definition) is 4. The van der Waals surface area contributed by atoms with Gasteiger partial charge in [-0.1, -0.05) is 0 Å². The van der Waals surface area contributed by atoms with Crippen LogP contribution in [0.2, 0.25) is 0 Å². The van der Waals surface area contributed by atoms with Crippen molar-refractivity contribution in [3.63, 3.8) is 0 Å². The van der Waals surface area contributed by atoms with Gasteiger partial charge in [-0.05, 0) is 44.7 Å². The first kappa shape index (κ1) is 10.9. The van der Waals surface area contributed by atoms with Gasteiger partial charge in [0, 0.05) is 29.0 Å². The summed E-state index contributed by atoms with van der Waals surface area (Å²) < 4.78 is 6.48. The first-order chi connectivity index (χ1) is 8.16. The Balaban J connectivity index is 2.17. The van der Waals surface area contributed by atoms with Gasteiger partial charge in [0.15, 0.2) is 0 Å². The van der Waals surface area contributed by atoms with E-state index in [9.17, 15) is 0 Å². The minimum atomic E-state index is 0.188. The molecule has 0 aliphatic heterocycles. The fourth-order valence-corrected chi connectivity index (χ4v) is 3.34. The number of hydrogen-bond donors (Lipinski definition) is 1. The second-order valence-corrected chi connectivity index (χ2v) is 5.38. The van der Waals surface area contributed by atoms with Crippen LogP contribution in [0.15, 0.2) is 6.07 Å². The molecule has 2 heterocycles. The highest BCUT2D eigenvalue weighted by Gasteiger charge is 2.23. The highest BCUT2D eigenvalue weighted by atomic mass is 32.1. The molecule has 0 aromatic carbocycles. The molecule has 2 N–H and O–H groups in total. The fourth-order valence-electron chi connectivity index (χ4n) is 2.58. The van der Waals surface area contributed by atoms with Crippen molar-refractivity contribution in [2.75, 3.05) is 0 Å². The molecule has 0 fully saturated rings. The zero-order valence-electron chi connectivity index (χ0n) is 10.1. The van der Waals surface area contributed by atoms with E-state index in [1.54, 1.807) is 0 Å². The summed E-state index contributed by atoms with van der Waals surface area (Å²) >= 11 is 1.46. The summed E-state index contributed by atoms with van der Waals surface area (Å²) in [5.41, 5.74) is 10.0. The third-order valence-corrected chi connectivity index (χ3v) is 4.15. The predicted molar refractivity (Wildman–Crippen MR) is 68.6 cm³/mol. The monoisotopic (exact) mass is 248 g/mol. The Hall–Kier alpha value is -1.20. The SMILES string of the molecule is Cc1nsc(-n2c(C)cc3c2CCCC3N)n1. The lowest BCUT2D eigenvalue weighted by Gasteiger charge is -2.20. The summed E-state index contributed by atoms with van der Waals surface area (Å²) in [6, 6.07) is 2.39. The molecule has 1 unspecified atom stereocenters. The third kappa shape index (κ3) is 1.70. The van der Waals surface area contributed by atoms with Crippen LogP contribution >= 0.6 is 11.5 Å². The zero-order valence-corrected chi connectivity index (χ0v) is 10.9. The Kier molecular flexibility index (Phi) is 2.52. The largest absolute Gasteiger partial charge is 0.324 e. The van der Waals surface area contributed by atoms with Gasteiger partial charge in [0.1, 0.15) is 5.82 Å².